The molecule has 1 saturated heterocycles. The Kier molecular flexibility index (Phi) is 6.41. The van der Waals surface area contributed by atoms with Crippen molar-refractivity contribution in [3.8, 4) is 0 Å². The number of sulfonamides is 1. The van der Waals surface area contributed by atoms with Crippen molar-refractivity contribution in [3.05, 3.63) is 29.8 Å². The van der Waals surface area contributed by atoms with Crippen LogP contribution in [0.2, 0.25) is 0 Å². The minimum Gasteiger partial charge on any atom is -0.352 e. The Hall–Kier alpha value is -1.60. The number of carbonyl (C=O) groups excluding carboxylic acids is 1. The first kappa shape index (κ1) is 17.7. The minimum absolute atomic E-state index is 0.0880. The highest BCUT2D eigenvalue weighted by Crippen LogP contribution is 2.13. The monoisotopic (exact) mass is 339 g/mol. The molecule has 23 heavy (non-hydrogen) atoms. The van der Waals surface area contributed by atoms with E-state index in [-0.39, 0.29) is 11.7 Å². The van der Waals surface area contributed by atoms with Crippen LogP contribution < -0.4 is 15.4 Å². The van der Waals surface area contributed by atoms with Gasteiger partial charge in [0.2, 0.25) is 10.0 Å². The van der Waals surface area contributed by atoms with Crippen LogP contribution in [-0.2, 0) is 10.0 Å². The maximum absolute atomic E-state index is 12.1. The van der Waals surface area contributed by atoms with Gasteiger partial charge in [-0.3, -0.25) is 9.52 Å². The molecular formula is C16H25N3O3S. The molecule has 1 aromatic rings. The molecule has 128 valence electrons. The molecule has 1 aliphatic heterocycles. The van der Waals surface area contributed by atoms with Crippen molar-refractivity contribution < 1.29 is 13.2 Å². The summed E-state index contributed by atoms with van der Waals surface area (Å²) in [6.45, 7) is 4.48. The highest BCUT2D eigenvalue weighted by molar-refractivity contribution is 7.92. The fourth-order valence-corrected chi connectivity index (χ4v) is 3.76. The number of carbonyl (C=O) groups is 1. The summed E-state index contributed by atoms with van der Waals surface area (Å²) in [5.41, 5.74) is 1.01. The summed E-state index contributed by atoms with van der Waals surface area (Å²) < 4.78 is 25.9. The number of rotatable bonds is 7. The van der Waals surface area contributed by atoms with Crippen LogP contribution in [0.3, 0.4) is 0 Å². The third-order valence-corrected chi connectivity index (χ3v) is 5.34. The lowest BCUT2D eigenvalue weighted by Gasteiger charge is -2.22. The SMILES string of the molecule is CCCS(=O)(=O)Nc1ccc(C(=O)NCC2CCCNC2)cc1. The predicted octanol–water partition coefficient (Wildman–Crippen LogP) is 1.57. The van der Waals surface area contributed by atoms with Crippen LogP contribution in [0.15, 0.2) is 24.3 Å². The summed E-state index contributed by atoms with van der Waals surface area (Å²) in [6.07, 6.45) is 2.84. The fourth-order valence-electron chi connectivity index (χ4n) is 2.63. The van der Waals surface area contributed by atoms with Crippen LogP contribution >= 0.6 is 0 Å². The van der Waals surface area contributed by atoms with Crippen LogP contribution in [0.4, 0.5) is 5.69 Å². The molecule has 0 aromatic heterocycles. The molecule has 0 spiro atoms. The number of amides is 1. The van der Waals surface area contributed by atoms with E-state index in [1.807, 2.05) is 6.92 Å². The Morgan fingerprint density at radius 3 is 2.65 bits per heavy atom. The largest absolute Gasteiger partial charge is 0.352 e. The molecule has 1 heterocycles. The Balaban J connectivity index is 1.87. The first-order valence-electron chi connectivity index (χ1n) is 8.09. The molecule has 0 saturated carbocycles. The second kappa shape index (κ2) is 8.31. The molecule has 1 fully saturated rings. The first-order chi connectivity index (χ1) is 11.0. The molecule has 7 heteroatoms. The van der Waals surface area contributed by atoms with E-state index in [0.717, 1.165) is 25.9 Å². The van der Waals surface area contributed by atoms with Gasteiger partial charge in [-0.15, -0.1) is 0 Å². The van der Waals surface area contributed by atoms with Gasteiger partial charge in [0.05, 0.1) is 5.75 Å². The third kappa shape index (κ3) is 5.84. The summed E-state index contributed by atoms with van der Waals surface area (Å²) in [5.74, 6) is 0.441. The topological polar surface area (TPSA) is 87.3 Å². The second-order valence-electron chi connectivity index (χ2n) is 5.92. The maximum atomic E-state index is 12.1. The zero-order chi connectivity index (χ0) is 16.7. The van der Waals surface area contributed by atoms with Crippen molar-refractivity contribution >= 4 is 21.6 Å². The minimum atomic E-state index is -3.30. The molecule has 1 aromatic carbocycles. The molecular weight excluding hydrogens is 314 g/mol. The zero-order valence-electron chi connectivity index (χ0n) is 13.5. The van der Waals surface area contributed by atoms with E-state index in [9.17, 15) is 13.2 Å². The summed E-state index contributed by atoms with van der Waals surface area (Å²) in [6, 6.07) is 6.51. The van der Waals surface area contributed by atoms with Gasteiger partial charge < -0.3 is 10.6 Å². The predicted molar refractivity (Wildman–Crippen MR) is 92.1 cm³/mol. The van der Waals surface area contributed by atoms with E-state index < -0.39 is 10.0 Å². The number of piperidine rings is 1. The molecule has 0 aliphatic carbocycles. The van der Waals surface area contributed by atoms with Crippen molar-refractivity contribution in [1.82, 2.24) is 10.6 Å². The number of nitrogens with one attached hydrogen (secondary N) is 3. The van der Waals surface area contributed by atoms with Gasteiger partial charge >= 0.3 is 0 Å². The molecule has 1 aliphatic rings. The third-order valence-electron chi connectivity index (χ3n) is 3.84. The maximum Gasteiger partial charge on any atom is 0.251 e. The van der Waals surface area contributed by atoms with Crippen LogP contribution in [0.5, 0.6) is 0 Å². The van der Waals surface area contributed by atoms with Gasteiger partial charge in [-0.05, 0) is 62.5 Å². The number of benzene rings is 1. The van der Waals surface area contributed by atoms with Crippen molar-refractivity contribution in [2.45, 2.75) is 26.2 Å². The van der Waals surface area contributed by atoms with E-state index in [2.05, 4.69) is 15.4 Å². The lowest BCUT2D eigenvalue weighted by atomic mass is 9.99. The van der Waals surface area contributed by atoms with E-state index in [4.69, 9.17) is 0 Å². The first-order valence-corrected chi connectivity index (χ1v) is 9.75. The van der Waals surface area contributed by atoms with Crippen LogP contribution in [-0.4, -0.2) is 39.7 Å². The summed E-state index contributed by atoms with van der Waals surface area (Å²) in [7, 11) is -3.30. The molecule has 2 rings (SSSR count). The van der Waals surface area contributed by atoms with E-state index in [1.165, 1.54) is 0 Å². The number of hydrogen-bond donors (Lipinski definition) is 3. The van der Waals surface area contributed by atoms with Gasteiger partial charge in [0, 0.05) is 17.8 Å². The second-order valence-corrected chi connectivity index (χ2v) is 7.76. The van der Waals surface area contributed by atoms with Crippen LogP contribution in [0.25, 0.3) is 0 Å². The van der Waals surface area contributed by atoms with Crippen molar-refractivity contribution in [2.24, 2.45) is 5.92 Å². The van der Waals surface area contributed by atoms with E-state index in [0.29, 0.717) is 30.1 Å². The lowest BCUT2D eigenvalue weighted by molar-refractivity contribution is 0.0945. The van der Waals surface area contributed by atoms with Crippen LogP contribution in [0.1, 0.15) is 36.5 Å². The molecule has 1 unspecified atom stereocenters. The molecule has 0 bridgehead atoms. The van der Waals surface area contributed by atoms with E-state index >= 15 is 0 Å². The smallest absolute Gasteiger partial charge is 0.251 e. The molecule has 1 atom stereocenters. The normalized spacial score (nSPS) is 18.4. The molecule has 6 nitrogen and oxygen atoms in total. The summed E-state index contributed by atoms with van der Waals surface area (Å²) in [5, 5.41) is 6.26. The van der Waals surface area contributed by atoms with Gasteiger partial charge in [0.25, 0.3) is 5.91 Å². The Morgan fingerprint density at radius 2 is 2.04 bits per heavy atom. The zero-order valence-corrected chi connectivity index (χ0v) is 14.3. The average Bonchev–Trinajstić information content (AvgIpc) is 2.54. The van der Waals surface area contributed by atoms with Gasteiger partial charge in [0.1, 0.15) is 0 Å². The number of hydrogen-bond acceptors (Lipinski definition) is 4. The Labute approximate surface area is 138 Å². The molecule has 3 N–H and O–H groups in total. The van der Waals surface area contributed by atoms with Gasteiger partial charge in [-0.25, -0.2) is 8.42 Å². The molecule has 1 amide bonds. The standard InChI is InChI=1S/C16H25N3O3S/c1-2-10-23(21,22)19-15-7-5-14(6-8-15)16(20)18-12-13-4-3-9-17-11-13/h5-8,13,17,19H,2-4,9-12H2,1H3,(H,18,20). The Bertz CT molecular complexity index is 608. The molecule has 0 radical (unpaired) electrons. The Morgan fingerprint density at radius 1 is 1.30 bits per heavy atom. The van der Waals surface area contributed by atoms with Gasteiger partial charge in [0.15, 0.2) is 0 Å². The highest BCUT2D eigenvalue weighted by atomic mass is 32.2. The lowest BCUT2D eigenvalue weighted by Crippen LogP contribution is -2.38. The summed E-state index contributed by atoms with van der Waals surface area (Å²) in [4.78, 5) is 12.1. The fraction of sp³-hybridized carbons (Fsp3) is 0.562. The highest BCUT2D eigenvalue weighted by Gasteiger charge is 2.15. The quantitative estimate of drug-likeness (QED) is 0.704. The number of anilines is 1. The van der Waals surface area contributed by atoms with Crippen molar-refractivity contribution in [1.29, 1.82) is 0 Å². The van der Waals surface area contributed by atoms with Crippen molar-refractivity contribution in [2.75, 3.05) is 30.1 Å². The van der Waals surface area contributed by atoms with Gasteiger partial charge in [-0.1, -0.05) is 6.92 Å². The summed E-state index contributed by atoms with van der Waals surface area (Å²) >= 11 is 0. The van der Waals surface area contributed by atoms with Crippen LogP contribution in [0, 0.1) is 5.92 Å². The average molecular weight is 339 g/mol. The van der Waals surface area contributed by atoms with Gasteiger partial charge in [-0.2, -0.15) is 0 Å². The van der Waals surface area contributed by atoms with Crippen molar-refractivity contribution in [3.63, 3.8) is 0 Å². The van der Waals surface area contributed by atoms with E-state index in [1.54, 1.807) is 24.3 Å².